The van der Waals surface area contributed by atoms with Gasteiger partial charge in [0.2, 0.25) is 17.7 Å². The summed E-state index contributed by atoms with van der Waals surface area (Å²) in [7, 11) is 0. The lowest BCUT2D eigenvalue weighted by Gasteiger charge is -2.34. The van der Waals surface area contributed by atoms with Crippen molar-refractivity contribution in [3.8, 4) is 5.75 Å². The normalized spacial score (nSPS) is 31.2. The van der Waals surface area contributed by atoms with Crippen LogP contribution in [0, 0.1) is 11.8 Å². The molecule has 5 aliphatic rings. The molecule has 5 atom stereocenters. The Hall–Kier alpha value is -3.13. The van der Waals surface area contributed by atoms with Crippen molar-refractivity contribution < 1.29 is 23.9 Å². The van der Waals surface area contributed by atoms with Crippen molar-refractivity contribution in [3.63, 3.8) is 0 Å². The molecule has 2 aliphatic carbocycles. The highest BCUT2D eigenvalue weighted by Gasteiger charge is 2.72. The molecule has 3 aliphatic heterocycles. The van der Waals surface area contributed by atoms with E-state index in [1.54, 1.807) is 17.0 Å². The quantitative estimate of drug-likeness (QED) is 0.444. The standard InChI is InChI=1S/C32H41N3O5/c1-2-39-24-15-13-23(14-16-24)33-29(36)26-25-17-19-32(40-25)27(26)31(38)35(20-18-21-9-5-3-6-10-21)28(32)30(37)34-22-11-7-4-8-12-22/h9,13-17,19,22,25-28H,2-8,10-12,18,20H2,1H3,(H,33,36)(H,34,37)/t25-,26-,27-,28+,32-/m1/s1. The van der Waals surface area contributed by atoms with E-state index in [9.17, 15) is 14.4 Å². The third-order valence-electron chi connectivity index (χ3n) is 9.37. The fraction of sp³-hybridized carbons (Fsp3) is 0.594. The van der Waals surface area contributed by atoms with Gasteiger partial charge in [0.15, 0.2) is 0 Å². The van der Waals surface area contributed by atoms with Crippen molar-refractivity contribution in [3.05, 3.63) is 48.1 Å². The van der Waals surface area contributed by atoms with Gasteiger partial charge in [-0.1, -0.05) is 43.1 Å². The van der Waals surface area contributed by atoms with Crippen LogP contribution in [0.5, 0.6) is 5.75 Å². The molecule has 0 aromatic heterocycles. The molecule has 1 spiro atoms. The Morgan fingerprint density at radius 2 is 1.88 bits per heavy atom. The average Bonchev–Trinajstić information content (AvgIpc) is 3.61. The van der Waals surface area contributed by atoms with Crippen LogP contribution in [-0.2, 0) is 19.1 Å². The van der Waals surface area contributed by atoms with Crippen LogP contribution < -0.4 is 15.4 Å². The number of rotatable bonds is 9. The number of likely N-dealkylation sites (tertiary alicyclic amines) is 1. The molecule has 3 fully saturated rings. The molecule has 214 valence electrons. The van der Waals surface area contributed by atoms with Crippen molar-refractivity contribution >= 4 is 23.4 Å². The Balaban J connectivity index is 1.25. The van der Waals surface area contributed by atoms with Crippen molar-refractivity contribution in [1.82, 2.24) is 10.2 Å². The molecule has 3 heterocycles. The average molecular weight is 548 g/mol. The van der Waals surface area contributed by atoms with Crippen LogP contribution >= 0.6 is 0 Å². The molecular formula is C32H41N3O5. The summed E-state index contributed by atoms with van der Waals surface area (Å²) in [6.45, 7) is 2.94. The lowest BCUT2D eigenvalue weighted by Crippen LogP contribution is -2.56. The van der Waals surface area contributed by atoms with Gasteiger partial charge in [-0.25, -0.2) is 0 Å². The number of benzene rings is 1. The zero-order chi connectivity index (χ0) is 27.7. The van der Waals surface area contributed by atoms with Crippen LogP contribution in [-0.4, -0.2) is 59.6 Å². The maximum Gasteiger partial charge on any atom is 0.246 e. The van der Waals surface area contributed by atoms with Gasteiger partial charge in [0.25, 0.3) is 0 Å². The molecule has 8 heteroatoms. The topological polar surface area (TPSA) is 97.0 Å². The van der Waals surface area contributed by atoms with Crippen LogP contribution in [0.4, 0.5) is 5.69 Å². The summed E-state index contributed by atoms with van der Waals surface area (Å²) in [5.74, 6) is -1.27. The fourth-order valence-electron chi connectivity index (χ4n) is 7.46. The van der Waals surface area contributed by atoms with Gasteiger partial charge < -0.3 is 25.0 Å². The molecule has 3 amide bonds. The molecule has 1 saturated carbocycles. The summed E-state index contributed by atoms with van der Waals surface area (Å²) in [5, 5.41) is 6.25. The highest BCUT2D eigenvalue weighted by molar-refractivity contribution is 6.02. The minimum absolute atomic E-state index is 0.121. The number of allylic oxidation sites excluding steroid dienone is 1. The van der Waals surface area contributed by atoms with Gasteiger partial charge in [0.05, 0.1) is 24.5 Å². The summed E-state index contributed by atoms with van der Waals surface area (Å²) in [6, 6.07) is 6.56. The van der Waals surface area contributed by atoms with E-state index in [1.807, 2.05) is 31.2 Å². The van der Waals surface area contributed by atoms with Crippen molar-refractivity contribution in [2.45, 2.75) is 94.9 Å². The number of fused-ring (bicyclic) bond motifs is 1. The van der Waals surface area contributed by atoms with E-state index in [0.29, 0.717) is 18.8 Å². The summed E-state index contributed by atoms with van der Waals surface area (Å²) >= 11 is 0. The number of carbonyl (C=O) groups excluding carboxylic acids is 3. The Labute approximate surface area is 236 Å². The minimum Gasteiger partial charge on any atom is -0.494 e. The Morgan fingerprint density at radius 3 is 2.60 bits per heavy atom. The second kappa shape index (κ2) is 11.4. The summed E-state index contributed by atoms with van der Waals surface area (Å²) in [6.07, 6.45) is 16.1. The summed E-state index contributed by atoms with van der Waals surface area (Å²) in [4.78, 5) is 43.5. The predicted molar refractivity (Wildman–Crippen MR) is 152 cm³/mol. The van der Waals surface area contributed by atoms with Crippen molar-refractivity contribution in [2.75, 3.05) is 18.5 Å². The molecule has 1 aromatic carbocycles. The zero-order valence-electron chi connectivity index (χ0n) is 23.4. The number of amides is 3. The molecule has 2 bridgehead atoms. The molecule has 2 N–H and O–H groups in total. The first-order valence-electron chi connectivity index (χ1n) is 15.2. The van der Waals surface area contributed by atoms with E-state index in [0.717, 1.165) is 50.7 Å². The number of carbonyl (C=O) groups is 3. The van der Waals surface area contributed by atoms with Crippen LogP contribution in [0.25, 0.3) is 0 Å². The van der Waals surface area contributed by atoms with E-state index in [-0.39, 0.29) is 23.8 Å². The minimum atomic E-state index is -1.12. The highest BCUT2D eigenvalue weighted by atomic mass is 16.5. The van der Waals surface area contributed by atoms with E-state index < -0.39 is 29.6 Å². The number of hydrogen-bond acceptors (Lipinski definition) is 5. The van der Waals surface area contributed by atoms with Crippen molar-refractivity contribution in [2.24, 2.45) is 11.8 Å². The molecular weight excluding hydrogens is 506 g/mol. The molecule has 2 saturated heterocycles. The second-order valence-corrected chi connectivity index (χ2v) is 11.9. The van der Waals surface area contributed by atoms with E-state index >= 15 is 0 Å². The molecule has 0 unspecified atom stereocenters. The SMILES string of the molecule is CCOc1ccc(NC(=O)[C@@H]2[C@H]3C=C[C@]4(O3)[C@H](C(=O)NC3CCCCC3)N(CCC3=CCCCC3)C(=O)[C@@H]24)cc1. The first-order chi connectivity index (χ1) is 19.5. The van der Waals surface area contributed by atoms with Gasteiger partial charge in [-0.05, 0) is 76.1 Å². The van der Waals surface area contributed by atoms with Gasteiger partial charge in [-0.3, -0.25) is 14.4 Å². The summed E-state index contributed by atoms with van der Waals surface area (Å²) < 4.78 is 12.0. The summed E-state index contributed by atoms with van der Waals surface area (Å²) in [5.41, 5.74) is 0.862. The molecule has 6 rings (SSSR count). The van der Waals surface area contributed by atoms with Crippen molar-refractivity contribution in [1.29, 1.82) is 0 Å². The largest absolute Gasteiger partial charge is 0.494 e. The first kappa shape index (κ1) is 27.1. The first-order valence-corrected chi connectivity index (χ1v) is 15.2. The Kier molecular flexibility index (Phi) is 7.71. The highest BCUT2D eigenvalue weighted by Crippen LogP contribution is 2.55. The molecule has 8 nitrogen and oxygen atoms in total. The maximum atomic E-state index is 14.2. The van der Waals surface area contributed by atoms with Crippen LogP contribution in [0.15, 0.2) is 48.1 Å². The third kappa shape index (κ3) is 4.95. The molecule has 1 aromatic rings. The van der Waals surface area contributed by atoms with Gasteiger partial charge in [-0.15, -0.1) is 0 Å². The van der Waals surface area contributed by atoms with E-state index in [1.165, 1.54) is 24.8 Å². The molecule has 40 heavy (non-hydrogen) atoms. The van der Waals surface area contributed by atoms with Crippen LogP contribution in [0.2, 0.25) is 0 Å². The van der Waals surface area contributed by atoms with Gasteiger partial charge in [-0.2, -0.15) is 0 Å². The smallest absolute Gasteiger partial charge is 0.246 e. The predicted octanol–water partition coefficient (Wildman–Crippen LogP) is 4.51. The Morgan fingerprint density at radius 1 is 1.07 bits per heavy atom. The van der Waals surface area contributed by atoms with E-state index in [4.69, 9.17) is 9.47 Å². The number of ether oxygens (including phenoxy) is 2. The van der Waals surface area contributed by atoms with Gasteiger partial charge >= 0.3 is 0 Å². The lowest BCUT2D eigenvalue weighted by molar-refractivity contribution is -0.141. The van der Waals surface area contributed by atoms with Crippen LogP contribution in [0.3, 0.4) is 0 Å². The fourth-order valence-corrected chi connectivity index (χ4v) is 7.46. The van der Waals surface area contributed by atoms with E-state index in [2.05, 4.69) is 16.7 Å². The monoisotopic (exact) mass is 547 g/mol. The molecule has 0 radical (unpaired) electrons. The third-order valence-corrected chi connectivity index (χ3v) is 9.37. The Bertz CT molecular complexity index is 1190. The zero-order valence-corrected chi connectivity index (χ0v) is 23.4. The lowest BCUT2D eigenvalue weighted by atomic mass is 9.74. The number of nitrogens with zero attached hydrogens (tertiary/aromatic N) is 1. The number of hydrogen-bond donors (Lipinski definition) is 2. The van der Waals surface area contributed by atoms with Gasteiger partial charge in [0.1, 0.15) is 17.4 Å². The number of anilines is 1. The maximum absolute atomic E-state index is 14.2. The number of nitrogens with one attached hydrogen (secondary N) is 2. The van der Waals surface area contributed by atoms with Crippen LogP contribution in [0.1, 0.15) is 71.1 Å². The second-order valence-electron chi connectivity index (χ2n) is 11.9. The van der Waals surface area contributed by atoms with Gasteiger partial charge in [0, 0.05) is 18.3 Å².